The molecule has 0 fully saturated rings. The van der Waals surface area contributed by atoms with Crippen molar-refractivity contribution in [1.29, 1.82) is 0 Å². The molecule has 0 saturated heterocycles. The van der Waals surface area contributed by atoms with Crippen molar-refractivity contribution < 1.29 is 464 Å². The van der Waals surface area contributed by atoms with Gasteiger partial charge in [-0.05, 0) is 0 Å². The molecule has 40 valence electrons. The number of hydrogen-bond acceptors (Lipinski definition) is 0. The van der Waals surface area contributed by atoms with Crippen LogP contribution in [0.1, 0.15) is 0 Å². The van der Waals surface area contributed by atoms with Crippen molar-refractivity contribution in [1.82, 2.24) is 0 Å². The van der Waals surface area contributed by atoms with E-state index in [0.717, 1.165) is 0 Å². The summed E-state index contributed by atoms with van der Waals surface area (Å²) in [6.07, 6.45) is 0. The summed E-state index contributed by atoms with van der Waals surface area (Å²) in [6, 6.07) is 0. The number of halogens is 5. The maximum absolute atomic E-state index is 0. The summed E-state index contributed by atoms with van der Waals surface area (Å²) in [6.45, 7) is 0. The third-order valence-corrected chi connectivity index (χ3v) is 0. The van der Waals surface area contributed by atoms with Gasteiger partial charge in [-0.2, -0.15) is 0 Å². The molecule has 0 N–H and O–H groups in total. The van der Waals surface area contributed by atoms with Crippen molar-refractivity contribution in [2.45, 2.75) is 0 Å². The first-order valence-electron chi connectivity index (χ1n) is 0. The zero-order chi connectivity index (χ0) is 0. The van der Waals surface area contributed by atoms with Gasteiger partial charge in [0.1, 0.15) is 0 Å². The summed E-state index contributed by atoms with van der Waals surface area (Å²) >= 11 is 0. The fourth-order valence-electron chi connectivity index (χ4n) is 0. The molecular weight excluding hydrogens is 1300 g/mol. The van der Waals surface area contributed by atoms with Gasteiger partial charge in [-0.25, -0.2) is 0 Å². The van der Waals surface area contributed by atoms with Crippen molar-refractivity contribution >= 4 is 0 Å². The molecular formula is Cs5I5. The fraction of sp³-hybridized carbons (Fsp3) is 0. The smallest absolute Gasteiger partial charge is 1.00 e. The van der Waals surface area contributed by atoms with Gasteiger partial charge in [-0.1, -0.05) is 0 Å². The van der Waals surface area contributed by atoms with Crippen LogP contribution in [0.2, 0.25) is 0 Å². The summed E-state index contributed by atoms with van der Waals surface area (Å²) in [5.74, 6) is 0. The zero-order valence-corrected chi connectivity index (χ0v) is 49.1. The van der Waals surface area contributed by atoms with Crippen LogP contribution in [0.5, 0.6) is 0 Å². The van der Waals surface area contributed by atoms with Crippen LogP contribution in [0, 0.1) is 0 Å². The Morgan fingerprint density at radius 3 is 0.200 bits per heavy atom. The molecule has 0 aliphatic rings. The van der Waals surface area contributed by atoms with Crippen LogP contribution in [0.3, 0.4) is 0 Å². The minimum atomic E-state index is 0. The number of rotatable bonds is 0. The molecule has 0 aromatic heterocycles. The van der Waals surface area contributed by atoms with Crippen LogP contribution in [0.15, 0.2) is 0 Å². The zero-order valence-electron chi connectivity index (χ0n) is 6.89. The molecule has 0 saturated carbocycles. The molecule has 0 unspecified atom stereocenters. The van der Waals surface area contributed by atoms with E-state index in [9.17, 15) is 0 Å². The first-order chi connectivity index (χ1) is 0. The molecule has 0 heterocycles. The van der Waals surface area contributed by atoms with Crippen molar-refractivity contribution in [3.8, 4) is 0 Å². The van der Waals surface area contributed by atoms with Crippen molar-refractivity contribution in [3.05, 3.63) is 0 Å². The molecule has 0 atom stereocenters. The van der Waals surface area contributed by atoms with E-state index in [4.69, 9.17) is 0 Å². The Balaban J connectivity index is 0. The third kappa shape index (κ3) is 49.5. The van der Waals surface area contributed by atoms with Gasteiger partial charge in [-0.3, -0.25) is 0 Å². The quantitative estimate of drug-likeness (QED) is 0.212. The molecule has 0 radical (unpaired) electrons. The fourth-order valence-corrected chi connectivity index (χ4v) is 0. The molecule has 0 nitrogen and oxygen atoms in total. The van der Waals surface area contributed by atoms with Gasteiger partial charge in [0, 0.05) is 0 Å². The molecule has 10 heavy (non-hydrogen) atoms. The average molecular weight is 1300 g/mol. The summed E-state index contributed by atoms with van der Waals surface area (Å²) < 4.78 is 0. The van der Waals surface area contributed by atoms with Crippen LogP contribution in [-0.4, -0.2) is 0 Å². The van der Waals surface area contributed by atoms with Crippen LogP contribution >= 0.6 is 0 Å². The molecule has 10 heteroatoms. The molecule has 0 aromatic carbocycles. The van der Waals surface area contributed by atoms with Gasteiger partial charge in [0.05, 0.1) is 0 Å². The topological polar surface area (TPSA) is 0 Å². The molecule has 0 aliphatic carbocycles. The Labute approximate surface area is 444 Å². The molecule has 0 bridgehead atoms. The van der Waals surface area contributed by atoms with Crippen LogP contribution in [-0.2, 0) is 0 Å². The van der Waals surface area contributed by atoms with E-state index in [-0.39, 0.29) is 464 Å². The molecule has 0 rings (SSSR count). The number of hydrogen-bond donors (Lipinski definition) is 0. The van der Waals surface area contributed by atoms with Crippen LogP contribution in [0.25, 0.3) is 0 Å². The van der Waals surface area contributed by atoms with Crippen LogP contribution in [0.4, 0.5) is 0 Å². The Morgan fingerprint density at radius 1 is 0.200 bits per heavy atom. The van der Waals surface area contributed by atoms with E-state index in [1.54, 1.807) is 0 Å². The minimum absolute atomic E-state index is 0. The average Bonchev–Trinajstić information content (AvgIpc) is 0. The molecule has 0 spiro atoms. The van der Waals surface area contributed by atoms with Crippen molar-refractivity contribution in [3.63, 3.8) is 0 Å². The second-order valence-corrected chi connectivity index (χ2v) is 0. The maximum Gasteiger partial charge on any atom is 1.00 e. The van der Waals surface area contributed by atoms with Crippen molar-refractivity contribution in [2.24, 2.45) is 0 Å². The SMILES string of the molecule is [Cs+].[Cs+].[Cs+].[Cs+].[Cs+].[I-].[I-].[I-].[I-].[I-]. The Morgan fingerprint density at radius 2 is 0.200 bits per heavy atom. The molecule has 0 aromatic rings. The van der Waals surface area contributed by atoms with E-state index in [0.29, 0.717) is 0 Å². The maximum atomic E-state index is 0. The van der Waals surface area contributed by atoms with E-state index in [2.05, 4.69) is 0 Å². The van der Waals surface area contributed by atoms with Crippen molar-refractivity contribution in [2.75, 3.05) is 0 Å². The third-order valence-electron chi connectivity index (χ3n) is 0. The first kappa shape index (κ1) is 64.9. The monoisotopic (exact) mass is 1300 g/mol. The van der Waals surface area contributed by atoms with Gasteiger partial charge in [0.15, 0.2) is 0 Å². The predicted molar refractivity (Wildman–Crippen MR) is 0 cm³/mol. The van der Waals surface area contributed by atoms with Gasteiger partial charge in [-0.15, -0.1) is 0 Å². The Kier molecular flexibility index (Phi) is 369. The largest absolute Gasteiger partial charge is 1.00 e. The van der Waals surface area contributed by atoms with E-state index < -0.39 is 0 Å². The van der Waals surface area contributed by atoms with Gasteiger partial charge in [0.2, 0.25) is 0 Å². The standard InChI is InChI=1S/5Cs.5HI/h;;;;;5*1H/q5*+1;;;;;/p-5. The summed E-state index contributed by atoms with van der Waals surface area (Å²) in [7, 11) is 0. The first-order valence-corrected chi connectivity index (χ1v) is 0. The van der Waals surface area contributed by atoms with Gasteiger partial charge >= 0.3 is 344 Å². The van der Waals surface area contributed by atoms with E-state index in [1.807, 2.05) is 0 Å². The normalized spacial score (nSPS) is 0. The molecule has 0 amide bonds. The molecule has 0 aliphatic heterocycles. The van der Waals surface area contributed by atoms with E-state index >= 15 is 0 Å². The minimum Gasteiger partial charge on any atom is -1.00 e. The van der Waals surface area contributed by atoms with E-state index in [1.165, 1.54) is 0 Å². The predicted octanol–water partition coefficient (Wildman–Crippen LogP) is -30.0. The summed E-state index contributed by atoms with van der Waals surface area (Å²) in [5, 5.41) is 0. The second kappa shape index (κ2) is 56.8. The summed E-state index contributed by atoms with van der Waals surface area (Å²) in [5.41, 5.74) is 0. The Hall–Kier alpha value is 13.9. The second-order valence-electron chi connectivity index (χ2n) is 0. The summed E-state index contributed by atoms with van der Waals surface area (Å²) in [4.78, 5) is 0. The van der Waals surface area contributed by atoms with Gasteiger partial charge < -0.3 is 120 Å². The van der Waals surface area contributed by atoms with Gasteiger partial charge in [0.25, 0.3) is 0 Å². The Bertz CT molecular complexity index is 10.0. The van der Waals surface area contributed by atoms with Crippen LogP contribution < -0.4 is 464 Å².